The van der Waals surface area contributed by atoms with Crippen molar-refractivity contribution in [3.05, 3.63) is 16.5 Å². The van der Waals surface area contributed by atoms with Crippen LogP contribution in [0, 0.1) is 0 Å². The average molecular weight is 355 g/mol. The molecular formula is C11H19BrN2O4S. The summed E-state index contributed by atoms with van der Waals surface area (Å²) in [6.07, 6.45) is 0. The zero-order valence-electron chi connectivity index (χ0n) is 11.2. The zero-order valence-corrected chi connectivity index (χ0v) is 13.6. The first-order chi connectivity index (χ1) is 8.72. The van der Waals surface area contributed by atoms with Crippen LogP contribution in [0.15, 0.2) is 20.0 Å². The summed E-state index contributed by atoms with van der Waals surface area (Å²) < 4.78 is 37.5. The molecule has 0 saturated heterocycles. The average Bonchev–Trinajstić information content (AvgIpc) is 2.69. The van der Waals surface area contributed by atoms with Crippen LogP contribution in [0.25, 0.3) is 0 Å². The summed E-state index contributed by atoms with van der Waals surface area (Å²) in [6, 6.07) is 1.40. The van der Waals surface area contributed by atoms with Crippen molar-refractivity contribution in [1.82, 2.24) is 4.72 Å². The fourth-order valence-corrected chi connectivity index (χ4v) is 3.66. The van der Waals surface area contributed by atoms with Gasteiger partial charge in [0.25, 0.3) is 0 Å². The molecule has 0 bridgehead atoms. The molecule has 110 valence electrons. The Kier molecular flexibility index (Phi) is 5.57. The van der Waals surface area contributed by atoms with Crippen molar-refractivity contribution in [3.8, 4) is 0 Å². The molecule has 0 spiro atoms. The van der Waals surface area contributed by atoms with Gasteiger partial charge in [-0.15, -0.1) is 0 Å². The van der Waals surface area contributed by atoms with Gasteiger partial charge in [0, 0.05) is 19.2 Å². The topological polar surface area (TPSA) is 94.6 Å². The Morgan fingerprint density at radius 2 is 2.16 bits per heavy atom. The van der Waals surface area contributed by atoms with Crippen LogP contribution in [0.1, 0.15) is 26.5 Å². The summed E-state index contributed by atoms with van der Waals surface area (Å²) in [5.74, 6) is 0.399. The predicted molar refractivity (Wildman–Crippen MR) is 75.2 cm³/mol. The van der Waals surface area contributed by atoms with Crippen molar-refractivity contribution in [2.24, 2.45) is 5.73 Å². The van der Waals surface area contributed by atoms with Gasteiger partial charge in [0.15, 0.2) is 4.67 Å². The van der Waals surface area contributed by atoms with Crippen molar-refractivity contribution >= 4 is 26.0 Å². The van der Waals surface area contributed by atoms with Gasteiger partial charge in [-0.25, -0.2) is 13.1 Å². The van der Waals surface area contributed by atoms with Crippen molar-refractivity contribution in [1.29, 1.82) is 0 Å². The molecule has 8 heteroatoms. The van der Waals surface area contributed by atoms with Crippen LogP contribution in [-0.2, 0) is 21.3 Å². The van der Waals surface area contributed by atoms with Crippen molar-refractivity contribution < 1.29 is 17.6 Å². The highest BCUT2D eigenvalue weighted by Crippen LogP contribution is 2.26. The molecule has 1 heterocycles. The number of halogens is 1. The lowest BCUT2D eigenvalue weighted by Gasteiger charge is -2.24. The van der Waals surface area contributed by atoms with E-state index in [1.165, 1.54) is 6.07 Å². The van der Waals surface area contributed by atoms with Gasteiger partial charge in [0.05, 0.1) is 12.1 Å². The quantitative estimate of drug-likeness (QED) is 0.775. The van der Waals surface area contributed by atoms with E-state index < -0.39 is 15.6 Å². The third kappa shape index (κ3) is 4.57. The van der Waals surface area contributed by atoms with Crippen LogP contribution in [-0.4, -0.2) is 27.2 Å². The maximum atomic E-state index is 12.1. The summed E-state index contributed by atoms with van der Waals surface area (Å²) in [6.45, 7) is 6.30. The number of sulfonamides is 1. The molecule has 0 saturated carbocycles. The Bertz CT molecular complexity index is 525. The van der Waals surface area contributed by atoms with Gasteiger partial charge in [0.1, 0.15) is 10.7 Å². The molecule has 1 aromatic rings. The van der Waals surface area contributed by atoms with E-state index in [0.717, 1.165) is 0 Å². The lowest BCUT2D eigenvalue weighted by atomic mass is 10.1. The monoisotopic (exact) mass is 354 g/mol. The van der Waals surface area contributed by atoms with Crippen molar-refractivity contribution in [3.63, 3.8) is 0 Å². The number of ether oxygens (including phenoxy) is 1. The largest absolute Gasteiger partial charge is 0.452 e. The molecule has 0 radical (unpaired) electrons. The SMILES string of the molecule is CCOC(C)(C)CNS(=O)(=O)c1cc(CN)oc1Br. The first-order valence-corrected chi connectivity index (χ1v) is 8.11. The molecule has 19 heavy (non-hydrogen) atoms. The van der Waals surface area contributed by atoms with Crippen LogP contribution in [0.4, 0.5) is 0 Å². The molecule has 1 rings (SSSR count). The third-order valence-corrected chi connectivity index (χ3v) is 4.68. The highest BCUT2D eigenvalue weighted by molar-refractivity contribution is 9.10. The van der Waals surface area contributed by atoms with E-state index in [1.807, 2.05) is 20.8 Å². The molecule has 0 aliphatic carbocycles. The summed E-state index contributed by atoms with van der Waals surface area (Å²) in [4.78, 5) is 0.0419. The molecule has 3 N–H and O–H groups in total. The number of nitrogens with one attached hydrogen (secondary N) is 1. The van der Waals surface area contributed by atoms with E-state index in [-0.39, 0.29) is 22.7 Å². The Labute approximate surface area is 121 Å². The molecule has 0 amide bonds. The van der Waals surface area contributed by atoms with Crippen molar-refractivity contribution in [2.45, 2.75) is 37.8 Å². The number of hydrogen-bond donors (Lipinski definition) is 2. The number of furan rings is 1. The van der Waals surface area contributed by atoms with Crippen LogP contribution < -0.4 is 10.5 Å². The van der Waals surface area contributed by atoms with E-state index in [9.17, 15) is 8.42 Å². The van der Waals surface area contributed by atoms with Crippen LogP contribution in [0.2, 0.25) is 0 Å². The Morgan fingerprint density at radius 3 is 2.63 bits per heavy atom. The highest BCUT2D eigenvalue weighted by atomic mass is 79.9. The molecule has 0 fully saturated rings. The van der Waals surface area contributed by atoms with Gasteiger partial charge in [-0.2, -0.15) is 0 Å². The molecule has 0 aromatic carbocycles. The summed E-state index contributed by atoms with van der Waals surface area (Å²) in [5.41, 5.74) is 4.83. The summed E-state index contributed by atoms with van der Waals surface area (Å²) >= 11 is 3.07. The summed E-state index contributed by atoms with van der Waals surface area (Å²) in [5, 5.41) is 0. The van der Waals surface area contributed by atoms with Gasteiger partial charge in [-0.3, -0.25) is 0 Å². The lowest BCUT2D eigenvalue weighted by Crippen LogP contribution is -2.40. The fourth-order valence-electron chi connectivity index (χ4n) is 1.47. The molecule has 0 aliphatic rings. The number of nitrogens with two attached hydrogens (primary N) is 1. The lowest BCUT2D eigenvalue weighted by molar-refractivity contribution is -0.00515. The standard InChI is InChI=1S/C11H19BrN2O4S/c1-4-17-11(2,3)7-14-19(15,16)9-5-8(6-13)18-10(9)12/h5,14H,4,6-7,13H2,1-3H3. The second-order valence-corrected chi connectivity index (χ2v) is 7.03. The third-order valence-electron chi connectivity index (χ3n) is 2.42. The Hall–Kier alpha value is -0.410. The minimum Gasteiger partial charge on any atom is -0.452 e. The summed E-state index contributed by atoms with van der Waals surface area (Å²) in [7, 11) is -3.66. The van der Waals surface area contributed by atoms with Crippen LogP contribution >= 0.6 is 15.9 Å². The first-order valence-electron chi connectivity index (χ1n) is 5.83. The van der Waals surface area contributed by atoms with E-state index in [4.69, 9.17) is 14.9 Å². The Morgan fingerprint density at radius 1 is 1.53 bits per heavy atom. The van der Waals surface area contributed by atoms with Gasteiger partial charge < -0.3 is 14.9 Å². The minimum atomic E-state index is -3.66. The van der Waals surface area contributed by atoms with Crippen LogP contribution in [0.5, 0.6) is 0 Å². The van der Waals surface area contributed by atoms with E-state index in [2.05, 4.69) is 20.7 Å². The van der Waals surface area contributed by atoms with E-state index in [0.29, 0.717) is 12.4 Å². The maximum Gasteiger partial charge on any atom is 0.245 e. The first kappa shape index (κ1) is 16.6. The molecule has 0 atom stereocenters. The second-order valence-electron chi connectivity index (χ2n) is 4.57. The molecule has 0 aliphatic heterocycles. The fraction of sp³-hybridized carbons (Fsp3) is 0.636. The van der Waals surface area contributed by atoms with E-state index in [1.54, 1.807) is 0 Å². The molecule has 6 nitrogen and oxygen atoms in total. The normalized spacial score (nSPS) is 12.9. The van der Waals surface area contributed by atoms with Crippen molar-refractivity contribution in [2.75, 3.05) is 13.2 Å². The minimum absolute atomic E-state index is 0.0419. The number of rotatable bonds is 7. The van der Waals surface area contributed by atoms with Gasteiger partial charge in [0.2, 0.25) is 10.0 Å². The van der Waals surface area contributed by atoms with Crippen LogP contribution in [0.3, 0.4) is 0 Å². The highest BCUT2D eigenvalue weighted by Gasteiger charge is 2.26. The zero-order chi connectivity index (χ0) is 14.7. The molecular weight excluding hydrogens is 336 g/mol. The molecule has 0 unspecified atom stereocenters. The predicted octanol–water partition coefficient (Wildman–Crippen LogP) is 1.59. The molecule has 1 aromatic heterocycles. The van der Waals surface area contributed by atoms with Gasteiger partial charge >= 0.3 is 0 Å². The smallest absolute Gasteiger partial charge is 0.245 e. The Balaban J connectivity index is 2.84. The van der Waals surface area contributed by atoms with E-state index >= 15 is 0 Å². The van der Waals surface area contributed by atoms with Gasteiger partial charge in [-0.05, 0) is 36.7 Å². The second kappa shape index (κ2) is 6.36. The number of hydrogen-bond acceptors (Lipinski definition) is 5. The maximum absolute atomic E-state index is 12.1. The van der Waals surface area contributed by atoms with Gasteiger partial charge in [-0.1, -0.05) is 0 Å².